The van der Waals surface area contributed by atoms with Crippen LogP contribution in [0, 0.1) is 6.92 Å². The first-order chi connectivity index (χ1) is 11.3. The molecule has 1 aliphatic rings. The van der Waals surface area contributed by atoms with E-state index in [1.165, 1.54) is 17.1 Å². The molecule has 1 aliphatic heterocycles. The monoisotopic (exact) mass is 334 g/mol. The second-order valence-electron chi connectivity index (χ2n) is 5.74. The molecule has 126 valence electrons. The van der Waals surface area contributed by atoms with Gasteiger partial charge >= 0.3 is 6.18 Å². The van der Waals surface area contributed by atoms with Crippen LogP contribution in [-0.2, 0) is 6.18 Å². The van der Waals surface area contributed by atoms with Crippen LogP contribution in [0.3, 0.4) is 0 Å². The number of benzene rings is 2. The van der Waals surface area contributed by atoms with E-state index in [0.717, 1.165) is 17.2 Å². The van der Waals surface area contributed by atoms with Gasteiger partial charge in [-0.15, -0.1) is 6.58 Å². The standard InChI is InChI=1S/C18H17F3N2O/c1-3-9-23-17-14(5-4-6-15(17)18(19,20)21)16(22-23)13-8-7-12(24)10-11(13)2/h3-8,10,16,22,24H,1,9H2,2H3. The van der Waals surface area contributed by atoms with Crippen LogP contribution in [0.4, 0.5) is 18.9 Å². The molecule has 2 aromatic rings. The van der Waals surface area contributed by atoms with Gasteiger partial charge in [0.15, 0.2) is 0 Å². The minimum Gasteiger partial charge on any atom is -0.508 e. The zero-order valence-electron chi connectivity index (χ0n) is 13.1. The van der Waals surface area contributed by atoms with Gasteiger partial charge in [0.25, 0.3) is 0 Å². The van der Waals surface area contributed by atoms with Crippen molar-refractivity contribution in [3.05, 3.63) is 71.3 Å². The Kier molecular flexibility index (Phi) is 4.01. The van der Waals surface area contributed by atoms with Crippen molar-refractivity contribution in [2.45, 2.75) is 19.1 Å². The fourth-order valence-corrected chi connectivity index (χ4v) is 3.11. The molecule has 3 rings (SSSR count). The molecule has 0 aliphatic carbocycles. The summed E-state index contributed by atoms with van der Waals surface area (Å²) in [5, 5.41) is 11.0. The second-order valence-corrected chi connectivity index (χ2v) is 5.74. The highest BCUT2D eigenvalue weighted by molar-refractivity contribution is 5.67. The van der Waals surface area contributed by atoms with E-state index >= 15 is 0 Å². The quantitative estimate of drug-likeness (QED) is 0.821. The highest BCUT2D eigenvalue weighted by atomic mass is 19.4. The number of alkyl halides is 3. The summed E-state index contributed by atoms with van der Waals surface area (Å²) >= 11 is 0. The van der Waals surface area contributed by atoms with Crippen LogP contribution in [0.15, 0.2) is 49.1 Å². The van der Waals surface area contributed by atoms with Gasteiger partial charge in [0.2, 0.25) is 0 Å². The van der Waals surface area contributed by atoms with Crippen molar-refractivity contribution in [1.82, 2.24) is 5.43 Å². The van der Waals surface area contributed by atoms with Crippen molar-refractivity contribution in [3.8, 4) is 5.75 Å². The fraction of sp³-hybridized carbons (Fsp3) is 0.222. The number of anilines is 1. The smallest absolute Gasteiger partial charge is 0.418 e. The van der Waals surface area contributed by atoms with Crippen molar-refractivity contribution in [1.29, 1.82) is 0 Å². The molecule has 0 aromatic heterocycles. The molecular formula is C18H17F3N2O. The molecule has 24 heavy (non-hydrogen) atoms. The Hall–Kier alpha value is -2.47. The number of hydrogen-bond acceptors (Lipinski definition) is 3. The molecule has 6 heteroatoms. The van der Waals surface area contributed by atoms with Crippen LogP contribution in [0.1, 0.15) is 28.3 Å². The number of halogens is 3. The van der Waals surface area contributed by atoms with Gasteiger partial charge in [-0.1, -0.05) is 24.3 Å². The lowest BCUT2D eigenvalue weighted by molar-refractivity contribution is -0.137. The van der Waals surface area contributed by atoms with Crippen molar-refractivity contribution < 1.29 is 18.3 Å². The topological polar surface area (TPSA) is 35.5 Å². The number of phenolic OH excluding ortho intramolecular Hbond substituents is 1. The first kappa shape index (κ1) is 16.4. The molecule has 0 bridgehead atoms. The molecule has 3 nitrogen and oxygen atoms in total. The summed E-state index contributed by atoms with van der Waals surface area (Å²) < 4.78 is 40.2. The molecule has 0 fully saturated rings. The minimum atomic E-state index is -4.44. The fourth-order valence-electron chi connectivity index (χ4n) is 3.11. The Balaban J connectivity index is 2.16. The largest absolute Gasteiger partial charge is 0.508 e. The lowest BCUT2D eigenvalue weighted by atomic mass is 9.94. The third-order valence-electron chi connectivity index (χ3n) is 4.11. The van der Waals surface area contributed by atoms with E-state index in [4.69, 9.17) is 0 Å². The first-order valence-electron chi connectivity index (χ1n) is 7.47. The predicted molar refractivity (Wildman–Crippen MR) is 86.8 cm³/mol. The van der Waals surface area contributed by atoms with Crippen molar-refractivity contribution in [2.75, 3.05) is 11.6 Å². The van der Waals surface area contributed by atoms with Crippen LogP contribution in [0.5, 0.6) is 5.75 Å². The molecular weight excluding hydrogens is 317 g/mol. The Morgan fingerprint density at radius 3 is 2.62 bits per heavy atom. The zero-order chi connectivity index (χ0) is 17.5. The molecule has 2 N–H and O–H groups in total. The van der Waals surface area contributed by atoms with E-state index in [9.17, 15) is 18.3 Å². The predicted octanol–water partition coefficient (Wildman–Crippen LogP) is 4.32. The lowest BCUT2D eigenvalue weighted by Crippen LogP contribution is -2.35. The number of hydrogen-bond donors (Lipinski definition) is 2. The number of nitrogens with one attached hydrogen (secondary N) is 1. The summed E-state index contributed by atoms with van der Waals surface area (Å²) in [6.07, 6.45) is -2.89. The van der Waals surface area contributed by atoms with Gasteiger partial charge in [-0.05, 0) is 36.2 Å². The maximum atomic E-state index is 13.4. The summed E-state index contributed by atoms with van der Waals surface area (Å²) in [7, 11) is 0. The normalized spacial score (nSPS) is 17.0. The number of fused-ring (bicyclic) bond motifs is 1. The molecule has 1 unspecified atom stereocenters. The van der Waals surface area contributed by atoms with Gasteiger partial charge in [-0.2, -0.15) is 13.2 Å². The van der Waals surface area contributed by atoms with Crippen molar-refractivity contribution in [3.63, 3.8) is 0 Å². The number of para-hydroxylation sites is 1. The van der Waals surface area contributed by atoms with Gasteiger partial charge < -0.3 is 10.1 Å². The zero-order valence-corrected chi connectivity index (χ0v) is 13.1. The van der Waals surface area contributed by atoms with Crippen LogP contribution in [-0.4, -0.2) is 11.7 Å². The Morgan fingerprint density at radius 2 is 2.00 bits per heavy atom. The van der Waals surface area contributed by atoms with Gasteiger partial charge in [-0.3, -0.25) is 0 Å². The summed E-state index contributed by atoms with van der Waals surface area (Å²) in [6.45, 7) is 5.68. The Labute approximate surface area is 138 Å². The van der Waals surface area contributed by atoms with Crippen molar-refractivity contribution >= 4 is 5.69 Å². The molecule has 0 spiro atoms. The number of rotatable bonds is 3. The van der Waals surface area contributed by atoms with Gasteiger partial charge in [0.05, 0.1) is 23.8 Å². The number of aromatic hydroxyl groups is 1. The molecule has 1 atom stereocenters. The molecule has 0 saturated heterocycles. The maximum Gasteiger partial charge on any atom is 0.418 e. The number of nitrogens with zero attached hydrogens (tertiary/aromatic N) is 1. The third-order valence-corrected chi connectivity index (χ3v) is 4.11. The second kappa shape index (κ2) is 5.87. The van der Waals surface area contributed by atoms with E-state index < -0.39 is 17.8 Å². The first-order valence-corrected chi connectivity index (χ1v) is 7.47. The average molecular weight is 334 g/mol. The van der Waals surface area contributed by atoms with Gasteiger partial charge in [0.1, 0.15) is 5.75 Å². The molecule has 0 amide bonds. The SMILES string of the molecule is C=CCN1NC(c2ccc(O)cc2C)c2cccc(C(F)(F)F)c21. The van der Waals surface area contributed by atoms with Crippen LogP contribution in [0.25, 0.3) is 0 Å². The molecule has 0 radical (unpaired) electrons. The third kappa shape index (κ3) is 2.73. The van der Waals surface area contributed by atoms with E-state index in [1.54, 1.807) is 24.3 Å². The van der Waals surface area contributed by atoms with Crippen LogP contribution in [0.2, 0.25) is 0 Å². The number of hydrazine groups is 1. The molecule has 1 heterocycles. The van der Waals surface area contributed by atoms with E-state index in [0.29, 0.717) is 5.56 Å². The van der Waals surface area contributed by atoms with Crippen LogP contribution < -0.4 is 10.4 Å². The summed E-state index contributed by atoms with van der Waals surface area (Å²) in [5.74, 6) is 0.126. The Bertz CT molecular complexity index is 786. The molecule has 2 aromatic carbocycles. The van der Waals surface area contributed by atoms with E-state index in [2.05, 4.69) is 12.0 Å². The van der Waals surface area contributed by atoms with Gasteiger partial charge in [-0.25, -0.2) is 5.43 Å². The number of phenols is 1. The number of aryl methyl sites for hydroxylation is 1. The minimum absolute atomic E-state index is 0.126. The van der Waals surface area contributed by atoms with E-state index in [-0.39, 0.29) is 18.0 Å². The highest BCUT2D eigenvalue weighted by Gasteiger charge is 2.40. The van der Waals surface area contributed by atoms with Crippen LogP contribution >= 0.6 is 0 Å². The summed E-state index contributed by atoms with van der Waals surface area (Å²) in [4.78, 5) is 0. The lowest BCUT2D eigenvalue weighted by Gasteiger charge is -2.22. The van der Waals surface area contributed by atoms with E-state index in [1.807, 2.05) is 6.92 Å². The molecule has 0 saturated carbocycles. The summed E-state index contributed by atoms with van der Waals surface area (Å²) in [5.41, 5.74) is 4.76. The highest BCUT2D eigenvalue weighted by Crippen LogP contribution is 2.45. The summed E-state index contributed by atoms with van der Waals surface area (Å²) in [6, 6.07) is 8.64. The average Bonchev–Trinajstić information content (AvgIpc) is 2.85. The Morgan fingerprint density at radius 1 is 1.25 bits per heavy atom. The van der Waals surface area contributed by atoms with Crippen molar-refractivity contribution in [2.24, 2.45) is 0 Å². The maximum absolute atomic E-state index is 13.4. The van der Waals surface area contributed by atoms with Gasteiger partial charge in [0, 0.05) is 5.56 Å².